The maximum absolute atomic E-state index is 12.1. The van der Waals surface area contributed by atoms with Crippen LogP contribution in [0, 0.1) is 0 Å². The second kappa shape index (κ2) is 8.63. The Morgan fingerprint density at radius 3 is 2.46 bits per heavy atom. The molecule has 1 aliphatic rings. The molecule has 0 unspecified atom stereocenters. The van der Waals surface area contributed by atoms with E-state index in [9.17, 15) is 4.79 Å². The van der Waals surface area contributed by atoms with Crippen molar-refractivity contribution in [3.05, 3.63) is 31.1 Å². The van der Waals surface area contributed by atoms with Gasteiger partial charge in [0.1, 0.15) is 5.60 Å². The van der Waals surface area contributed by atoms with Crippen LogP contribution < -0.4 is 11.1 Å². The molecule has 2 heterocycles. The Balaban J connectivity index is 0.00000288. The van der Waals surface area contributed by atoms with E-state index in [2.05, 4.69) is 21.4 Å². The van der Waals surface area contributed by atoms with E-state index in [1.165, 1.54) is 0 Å². The first-order chi connectivity index (χ1) is 10.9. The fourth-order valence-electron chi connectivity index (χ4n) is 2.66. The van der Waals surface area contributed by atoms with Gasteiger partial charge >= 0.3 is 6.09 Å². The monoisotopic (exact) mass is 335 g/mol. The van der Waals surface area contributed by atoms with Gasteiger partial charge in [-0.3, -0.25) is 0 Å². The molecule has 0 bridgehead atoms. The number of likely N-dealkylation sites (tertiary alicyclic amines) is 1. The van der Waals surface area contributed by atoms with E-state index in [1.807, 2.05) is 26.8 Å². The third-order valence-corrected chi connectivity index (χ3v) is 3.69. The second-order valence-corrected chi connectivity index (χ2v) is 6.69. The number of amides is 1. The Bertz CT molecular complexity index is 522. The molecular formula is C17H29N5O2. The lowest BCUT2D eigenvalue weighted by Gasteiger charge is -2.38. The maximum Gasteiger partial charge on any atom is 0.410 e. The smallest absolute Gasteiger partial charge is 0.410 e. The van der Waals surface area contributed by atoms with Crippen LogP contribution in [0.4, 0.5) is 10.7 Å². The summed E-state index contributed by atoms with van der Waals surface area (Å²) in [5.41, 5.74) is -0.458. The molecule has 0 saturated carbocycles. The first-order valence-electron chi connectivity index (χ1n) is 8.03. The number of ether oxygens (including phenoxy) is 1. The fraction of sp³-hybridized carbons (Fsp3) is 0.588. The van der Waals surface area contributed by atoms with E-state index in [1.54, 1.807) is 23.4 Å². The number of carbonyl (C=O) groups is 1. The van der Waals surface area contributed by atoms with Crippen molar-refractivity contribution in [3.8, 4) is 0 Å². The van der Waals surface area contributed by atoms with Gasteiger partial charge in [-0.25, -0.2) is 14.8 Å². The quantitative estimate of drug-likeness (QED) is 0.850. The number of hydrogen-bond donors (Lipinski definition) is 1. The molecule has 1 aliphatic heterocycles. The lowest BCUT2D eigenvalue weighted by Crippen LogP contribution is -2.48. The Kier molecular flexibility index (Phi) is 7.16. The molecule has 134 valence electrons. The van der Waals surface area contributed by atoms with Gasteiger partial charge in [-0.1, -0.05) is 6.08 Å². The van der Waals surface area contributed by atoms with Gasteiger partial charge in [0.25, 0.3) is 0 Å². The second-order valence-electron chi connectivity index (χ2n) is 6.69. The standard InChI is InChI=1S/C17H26N4O2.H3N/c1-5-11-21(15-18-9-6-10-19-15)14-7-12-20(13-8-14)16(22)23-17(2,3)4;/h5-6,9-10,14H,1,7-8,11-13H2,2-4H3;1H3. The number of hydrogen-bond acceptors (Lipinski definition) is 6. The Morgan fingerprint density at radius 1 is 1.38 bits per heavy atom. The zero-order valence-corrected chi connectivity index (χ0v) is 14.9. The van der Waals surface area contributed by atoms with Crippen molar-refractivity contribution in [3.63, 3.8) is 0 Å². The molecule has 7 nitrogen and oxygen atoms in total. The SMILES string of the molecule is C=CCN(c1ncccn1)C1CCN(C(=O)OC(C)(C)C)CC1.N. The van der Waals surface area contributed by atoms with Gasteiger partial charge in [-0.2, -0.15) is 0 Å². The number of nitrogens with zero attached hydrogens (tertiary/aromatic N) is 4. The molecule has 2 rings (SSSR count). The summed E-state index contributed by atoms with van der Waals surface area (Å²) >= 11 is 0. The maximum atomic E-state index is 12.1. The highest BCUT2D eigenvalue weighted by Gasteiger charge is 2.30. The minimum Gasteiger partial charge on any atom is -0.444 e. The largest absolute Gasteiger partial charge is 0.444 e. The topological polar surface area (TPSA) is 93.6 Å². The van der Waals surface area contributed by atoms with Gasteiger partial charge in [0, 0.05) is 38.1 Å². The fourth-order valence-corrected chi connectivity index (χ4v) is 2.66. The van der Waals surface area contributed by atoms with Gasteiger partial charge in [0.05, 0.1) is 0 Å². The average Bonchev–Trinajstić information content (AvgIpc) is 2.52. The lowest BCUT2D eigenvalue weighted by molar-refractivity contribution is 0.0205. The Labute approximate surface area is 144 Å². The Morgan fingerprint density at radius 2 is 1.96 bits per heavy atom. The van der Waals surface area contributed by atoms with Crippen molar-refractivity contribution in [2.45, 2.75) is 45.3 Å². The highest BCUT2D eigenvalue weighted by atomic mass is 16.6. The normalized spacial score (nSPS) is 15.4. The van der Waals surface area contributed by atoms with Crippen molar-refractivity contribution in [2.24, 2.45) is 0 Å². The van der Waals surface area contributed by atoms with Crippen LogP contribution >= 0.6 is 0 Å². The van der Waals surface area contributed by atoms with Gasteiger partial charge in [-0.05, 0) is 39.7 Å². The zero-order chi connectivity index (χ0) is 16.9. The minimum absolute atomic E-state index is 0. The van der Waals surface area contributed by atoms with Crippen molar-refractivity contribution >= 4 is 12.0 Å². The molecule has 0 radical (unpaired) electrons. The summed E-state index contributed by atoms with van der Waals surface area (Å²) in [5, 5.41) is 0. The predicted molar refractivity (Wildman–Crippen MR) is 95.4 cm³/mol. The summed E-state index contributed by atoms with van der Waals surface area (Å²) in [4.78, 5) is 24.7. The van der Waals surface area contributed by atoms with Crippen LogP contribution in [0.1, 0.15) is 33.6 Å². The first-order valence-corrected chi connectivity index (χ1v) is 8.03. The highest BCUT2D eigenvalue weighted by Crippen LogP contribution is 2.22. The first kappa shape index (κ1) is 19.9. The lowest BCUT2D eigenvalue weighted by atomic mass is 10.0. The molecule has 1 fully saturated rings. The van der Waals surface area contributed by atoms with Gasteiger partial charge < -0.3 is 20.7 Å². The molecular weight excluding hydrogens is 306 g/mol. The number of aromatic nitrogens is 2. The van der Waals surface area contributed by atoms with Crippen LogP contribution in [0.15, 0.2) is 31.1 Å². The van der Waals surface area contributed by atoms with Crippen LogP contribution in [0.25, 0.3) is 0 Å². The van der Waals surface area contributed by atoms with Crippen molar-refractivity contribution in [1.29, 1.82) is 0 Å². The summed E-state index contributed by atoms with van der Waals surface area (Å²) in [5.74, 6) is 0.711. The van der Waals surface area contributed by atoms with E-state index in [4.69, 9.17) is 4.74 Å². The van der Waals surface area contributed by atoms with Crippen molar-refractivity contribution in [1.82, 2.24) is 21.0 Å². The minimum atomic E-state index is -0.458. The molecule has 1 saturated heterocycles. The number of piperidine rings is 1. The number of carbonyl (C=O) groups excluding carboxylic acids is 1. The third-order valence-electron chi connectivity index (χ3n) is 3.69. The van der Waals surface area contributed by atoms with Gasteiger partial charge in [0.15, 0.2) is 0 Å². The summed E-state index contributed by atoms with van der Waals surface area (Å²) in [6.45, 7) is 11.5. The Hall–Kier alpha value is -2.15. The number of rotatable bonds is 4. The van der Waals surface area contributed by atoms with E-state index in [-0.39, 0.29) is 12.2 Å². The van der Waals surface area contributed by atoms with E-state index in [0.29, 0.717) is 31.6 Å². The molecule has 24 heavy (non-hydrogen) atoms. The summed E-state index contributed by atoms with van der Waals surface area (Å²) in [6, 6.07) is 2.11. The molecule has 1 aromatic rings. The van der Waals surface area contributed by atoms with Crippen LogP contribution in [0.2, 0.25) is 0 Å². The summed E-state index contributed by atoms with van der Waals surface area (Å²) < 4.78 is 5.44. The molecule has 0 spiro atoms. The molecule has 1 aromatic heterocycles. The van der Waals surface area contributed by atoms with E-state index < -0.39 is 5.60 Å². The highest BCUT2D eigenvalue weighted by molar-refractivity contribution is 5.68. The van der Waals surface area contributed by atoms with Gasteiger partial charge in [0.2, 0.25) is 5.95 Å². The molecule has 1 amide bonds. The van der Waals surface area contributed by atoms with Crippen LogP contribution in [-0.2, 0) is 4.74 Å². The predicted octanol–water partition coefficient (Wildman–Crippen LogP) is 3.03. The molecule has 3 N–H and O–H groups in total. The summed E-state index contributed by atoms with van der Waals surface area (Å²) in [6.07, 6.45) is 6.85. The zero-order valence-electron chi connectivity index (χ0n) is 14.9. The molecule has 0 atom stereocenters. The number of anilines is 1. The van der Waals surface area contributed by atoms with Crippen LogP contribution in [0.5, 0.6) is 0 Å². The van der Waals surface area contributed by atoms with Gasteiger partial charge in [-0.15, -0.1) is 6.58 Å². The average molecular weight is 335 g/mol. The van der Waals surface area contributed by atoms with Crippen molar-refractivity contribution < 1.29 is 9.53 Å². The third kappa shape index (κ3) is 5.49. The molecule has 7 heteroatoms. The van der Waals surface area contributed by atoms with Crippen molar-refractivity contribution in [2.75, 3.05) is 24.5 Å². The van der Waals surface area contributed by atoms with Crippen LogP contribution in [-0.4, -0.2) is 52.2 Å². The molecule has 0 aromatic carbocycles. The molecule has 0 aliphatic carbocycles. The van der Waals surface area contributed by atoms with E-state index in [0.717, 1.165) is 12.8 Å². The summed E-state index contributed by atoms with van der Waals surface area (Å²) in [7, 11) is 0. The van der Waals surface area contributed by atoms with Crippen LogP contribution in [0.3, 0.4) is 0 Å². The van der Waals surface area contributed by atoms with E-state index >= 15 is 0 Å².